The predicted octanol–water partition coefficient (Wildman–Crippen LogP) is 1.82. The summed E-state index contributed by atoms with van der Waals surface area (Å²) in [4.78, 5) is 12.7. The summed E-state index contributed by atoms with van der Waals surface area (Å²) in [5.74, 6) is 0.561. The Kier molecular flexibility index (Phi) is 3.78. The number of carbonyl (C=O) groups is 1. The third kappa shape index (κ3) is 2.71. The Morgan fingerprint density at radius 2 is 2.29 bits per heavy atom. The fraction of sp³-hybridized carbons (Fsp3) is 0.750. The quantitative estimate of drug-likeness (QED) is 0.872. The molecule has 5 nitrogen and oxygen atoms in total. The van der Waals surface area contributed by atoms with Crippen LogP contribution < -0.4 is 11.1 Å². The smallest absolute Gasteiger partial charge is 0.240 e. The van der Waals surface area contributed by atoms with E-state index in [4.69, 9.17) is 5.73 Å². The average Bonchev–Trinajstić information content (AvgIpc) is 2.81. The van der Waals surface area contributed by atoms with Crippen molar-refractivity contribution < 1.29 is 4.79 Å². The van der Waals surface area contributed by atoms with E-state index < -0.39 is 5.54 Å². The lowest BCUT2D eigenvalue weighted by atomic mass is 9.76. The van der Waals surface area contributed by atoms with Crippen molar-refractivity contribution in [2.24, 2.45) is 18.7 Å². The Labute approximate surface area is 126 Å². The minimum absolute atomic E-state index is 0.0238. The Bertz CT molecular complexity index is 538. The largest absolute Gasteiger partial charge is 0.348 e. The zero-order valence-electron chi connectivity index (χ0n) is 13.1. The van der Waals surface area contributed by atoms with Crippen molar-refractivity contribution in [3.05, 3.63) is 17.5 Å². The van der Waals surface area contributed by atoms with Gasteiger partial charge in [0.15, 0.2) is 0 Å². The minimum Gasteiger partial charge on any atom is -0.348 e. The van der Waals surface area contributed by atoms with Gasteiger partial charge in [-0.3, -0.25) is 9.48 Å². The molecule has 2 aliphatic carbocycles. The zero-order chi connectivity index (χ0) is 15.0. The van der Waals surface area contributed by atoms with Gasteiger partial charge in [-0.25, -0.2) is 0 Å². The summed E-state index contributed by atoms with van der Waals surface area (Å²) in [5.41, 5.74) is 8.14. The number of amides is 1. The van der Waals surface area contributed by atoms with Gasteiger partial charge in [-0.2, -0.15) is 5.10 Å². The molecule has 0 bridgehead atoms. The monoisotopic (exact) mass is 290 g/mol. The van der Waals surface area contributed by atoms with E-state index in [2.05, 4.69) is 17.3 Å². The molecule has 1 heterocycles. The second kappa shape index (κ2) is 5.44. The number of hydrogen-bond donors (Lipinski definition) is 2. The van der Waals surface area contributed by atoms with Crippen molar-refractivity contribution in [1.29, 1.82) is 0 Å². The molecule has 2 aliphatic rings. The van der Waals surface area contributed by atoms with Crippen LogP contribution in [-0.2, 0) is 18.3 Å². The van der Waals surface area contributed by atoms with Gasteiger partial charge in [-0.05, 0) is 38.0 Å². The number of nitrogens with one attached hydrogen (secondary N) is 1. The molecule has 116 valence electrons. The number of aromatic nitrogens is 2. The van der Waals surface area contributed by atoms with Gasteiger partial charge in [0.1, 0.15) is 0 Å². The van der Waals surface area contributed by atoms with Crippen LogP contribution in [0.15, 0.2) is 6.20 Å². The van der Waals surface area contributed by atoms with Crippen LogP contribution in [0.5, 0.6) is 0 Å². The van der Waals surface area contributed by atoms with E-state index in [0.717, 1.165) is 38.5 Å². The molecule has 3 unspecified atom stereocenters. The highest BCUT2D eigenvalue weighted by Crippen LogP contribution is 2.33. The molecule has 1 saturated carbocycles. The molecule has 1 amide bonds. The van der Waals surface area contributed by atoms with Gasteiger partial charge in [-0.1, -0.05) is 19.8 Å². The lowest BCUT2D eigenvalue weighted by molar-refractivity contribution is -0.129. The third-order valence-corrected chi connectivity index (χ3v) is 5.17. The van der Waals surface area contributed by atoms with E-state index in [0.29, 0.717) is 5.92 Å². The van der Waals surface area contributed by atoms with Crippen molar-refractivity contribution in [3.8, 4) is 0 Å². The number of nitrogens with zero attached hydrogens (tertiary/aromatic N) is 2. The van der Waals surface area contributed by atoms with Crippen LogP contribution in [0, 0.1) is 5.92 Å². The maximum atomic E-state index is 12.7. The van der Waals surface area contributed by atoms with Gasteiger partial charge in [0.25, 0.3) is 0 Å². The van der Waals surface area contributed by atoms with Crippen LogP contribution in [0.3, 0.4) is 0 Å². The Balaban J connectivity index is 1.73. The van der Waals surface area contributed by atoms with Crippen molar-refractivity contribution in [3.63, 3.8) is 0 Å². The fourth-order valence-electron chi connectivity index (χ4n) is 3.96. The van der Waals surface area contributed by atoms with Gasteiger partial charge in [0.05, 0.1) is 17.8 Å². The Hall–Kier alpha value is -1.36. The van der Waals surface area contributed by atoms with E-state index in [9.17, 15) is 4.79 Å². The maximum absolute atomic E-state index is 12.7. The molecular weight excluding hydrogens is 264 g/mol. The molecule has 21 heavy (non-hydrogen) atoms. The van der Waals surface area contributed by atoms with Crippen LogP contribution in [0.2, 0.25) is 0 Å². The first-order valence-electron chi connectivity index (χ1n) is 8.10. The molecule has 0 aromatic carbocycles. The SMILES string of the molecule is CC1CCCC(N)(C(=O)NC2CCCc3c2cnn3C)C1. The summed E-state index contributed by atoms with van der Waals surface area (Å²) in [7, 11) is 1.97. The van der Waals surface area contributed by atoms with E-state index in [-0.39, 0.29) is 11.9 Å². The van der Waals surface area contributed by atoms with Gasteiger partial charge < -0.3 is 11.1 Å². The first-order chi connectivity index (χ1) is 9.99. The molecule has 1 aromatic rings. The van der Waals surface area contributed by atoms with Gasteiger partial charge in [0, 0.05) is 18.3 Å². The van der Waals surface area contributed by atoms with Crippen LogP contribution >= 0.6 is 0 Å². The normalized spacial score (nSPS) is 32.5. The third-order valence-electron chi connectivity index (χ3n) is 5.17. The molecule has 3 rings (SSSR count). The van der Waals surface area contributed by atoms with Crippen molar-refractivity contribution in [2.75, 3.05) is 0 Å². The van der Waals surface area contributed by atoms with Gasteiger partial charge >= 0.3 is 0 Å². The van der Waals surface area contributed by atoms with E-state index in [1.807, 2.05) is 17.9 Å². The molecule has 1 fully saturated rings. The first kappa shape index (κ1) is 14.6. The lowest BCUT2D eigenvalue weighted by Gasteiger charge is -2.37. The fourth-order valence-corrected chi connectivity index (χ4v) is 3.96. The van der Waals surface area contributed by atoms with E-state index >= 15 is 0 Å². The summed E-state index contributed by atoms with van der Waals surface area (Å²) in [6.45, 7) is 2.19. The number of rotatable bonds is 2. The van der Waals surface area contributed by atoms with Crippen molar-refractivity contribution in [1.82, 2.24) is 15.1 Å². The van der Waals surface area contributed by atoms with E-state index in [1.54, 1.807) is 0 Å². The Morgan fingerprint density at radius 3 is 3.05 bits per heavy atom. The molecule has 0 radical (unpaired) electrons. The number of fused-ring (bicyclic) bond motifs is 1. The Morgan fingerprint density at radius 1 is 1.48 bits per heavy atom. The highest BCUT2D eigenvalue weighted by Gasteiger charge is 2.39. The van der Waals surface area contributed by atoms with Crippen molar-refractivity contribution in [2.45, 2.75) is 63.5 Å². The molecular formula is C16H26N4O. The number of nitrogens with two attached hydrogens (primary N) is 1. The summed E-state index contributed by atoms with van der Waals surface area (Å²) < 4.78 is 1.93. The average molecular weight is 290 g/mol. The second-order valence-electron chi connectivity index (χ2n) is 6.95. The standard InChI is InChI=1S/C16H26N4O/c1-11-5-4-8-16(17,9-11)15(21)19-13-6-3-7-14-12(13)10-18-20(14)2/h10-11,13H,3-9,17H2,1-2H3,(H,19,21). The summed E-state index contributed by atoms with van der Waals surface area (Å²) >= 11 is 0. The molecule has 3 N–H and O–H groups in total. The molecule has 0 spiro atoms. The minimum atomic E-state index is -0.683. The van der Waals surface area contributed by atoms with Gasteiger partial charge in [0.2, 0.25) is 5.91 Å². The van der Waals surface area contributed by atoms with E-state index in [1.165, 1.54) is 17.7 Å². The number of carbonyl (C=O) groups excluding carboxylic acids is 1. The zero-order valence-corrected chi connectivity index (χ0v) is 13.1. The maximum Gasteiger partial charge on any atom is 0.240 e. The molecule has 0 saturated heterocycles. The topological polar surface area (TPSA) is 72.9 Å². The highest BCUT2D eigenvalue weighted by molar-refractivity contribution is 5.86. The van der Waals surface area contributed by atoms with Gasteiger partial charge in [-0.15, -0.1) is 0 Å². The summed E-state index contributed by atoms with van der Waals surface area (Å²) in [6.07, 6.45) is 8.84. The summed E-state index contributed by atoms with van der Waals surface area (Å²) in [6, 6.07) is 0.0765. The van der Waals surface area contributed by atoms with Crippen LogP contribution in [0.25, 0.3) is 0 Å². The molecule has 5 heteroatoms. The van der Waals surface area contributed by atoms with Crippen LogP contribution in [0.4, 0.5) is 0 Å². The molecule has 1 aromatic heterocycles. The lowest BCUT2D eigenvalue weighted by Crippen LogP contribution is -2.56. The van der Waals surface area contributed by atoms with Crippen LogP contribution in [0.1, 0.15) is 62.7 Å². The first-order valence-corrected chi connectivity index (χ1v) is 8.10. The second-order valence-corrected chi connectivity index (χ2v) is 6.95. The molecule has 3 atom stereocenters. The van der Waals surface area contributed by atoms with Crippen molar-refractivity contribution >= 4 is 5.91 Å². The predicted molar refractivity (Wildman–Crippen MR) is 81.6 cm³/mol. The number of hydrogen-bond acceptors (Lipinski definition) is 3. The van der Waals surface area contributed by atoms with Crippen LogP contribution in [-0.4, -0.2) is 21.2 Å². The molecule has 0 aliphatic heterocycles. The number of aryl methyl sites for hydroxylation is 1. The highest BCUT2D eigenvalue weighted by atomic mass is 16.2. The summed E-state index contributed by atoms with van der Waals surface area (Å²) in [5, 5.41) is 7.53.